The fourth-order valence-electron chi connectivity index (χ4n) is 4.34. The standard InChI is InChI=1S/C26H23N/c1-2-3-5-17-8-10-18(11-9-17)22-16-21-7-4-6-19-12-13-20-14-15-23(27)26(22)25(20)24(19)21/h4,6-16H,2-3,5,27H2,1H3. The molecule has 0 aliphatic rings. The van der Waals surface area contributed by atoms with Gasteiger partial charge in [0.05, 0.1) is 0 Å². The maximum absolute atomic E-state index is 6.50. The summed E-state index contributed by atoms with van der Waals surface area (Å²) in [5.74, 6) is 0. The smallest absolute Gasteiger partial charge is 0.0400 e. The van der Waals surface area contributed by atoms with E-state index in [2.05, 4.69) is 73.7 Å². The highest BCUT2D eigenvalue weighted by Gasteiger charge is 2.15. The van der Waals surface area contributed by atoms with Crippen molar-refractivity contribution in [1.29, 1.82) is 0 Å². The lowest BCUT2D eigenvalue weighted by atomic mass is 9.88. The van der Waals surface area contributed by atoms with Crippen LogP contribution >= 0.6 is 0 Å². The van der Waals surface area contributed by atoms with Gasteiger partial charge in [0.1, 0.15) is 0 Å². The average Bonchev–Trinajstić information content (AvgIpc) is 2.72. The van der Waals surface area contributed by atoms with Crippen molar-refractivity contribution in [1.82, 2.24) is 0 Å². The molecule has 0 spiro atoms. The molecule has 0 saturated carbocycles. The fourth-order valence-corrected chi connectivity index (χ4v) is 4.34. The van der Waals surface area contributed by atoms with Gasteiger partial charge >= 0.3 is 0 Å². The Kier molecular flexibility index (Phi) is 3.75. The lowest BCUT2D eigenvalue weighted by molar-refractivity contribution is 0.795. The highest BCUT2D eigenvalue weighted by Crippen LogP contribution is 2.42. The van der Waals surface area contributed by atoms with Crippen molar-refractivity contribution >= 4 is 38.0 Å². The monoisotopic (exact) mass is 349 g/mol. The Morgan fingerprint density at radius 1 is 0.704 bits per heavy atom. The highest BCUT2D eigenvalue weighted by atomic mass is 14.6. The van der Waals surface area contributed by atoms with Crippen LogP contribution in [0.1, 0.15) is 25.3 Å². The van der Waals surface area contributed by atoms with E-state index in [4.69, 9.17) is 5.73 Å². The van der Waals surface area contributed by atoms with Gasteiger partial charge in [-0.1, -0.05) is 74.0 Å². The normalized spacial score (nSPS) is 11.7. The van der Waals surface area contributed by atoms with Crippen LogP contribution in [0, 0.1) is 0 Å². The van der Waals surface area contributed by atoms with Crippen LogP contribution in [0.15, 0.2) is 72.8 Å². The lowest BCUT2D eigenvalue weighted by Crippen LogP contribution is -1.93. The molecule has 0 saturated heterocycles. The number of nitrogens with two attached hydrogens (primary N) is 1. The summed E-state index contributed by atoms with van der Waals surface area (Å²) in [6, 6.07) is 26.5. The Hall–Kier alpha value is -3.06. The summed E-state index contributed by atoms with van der Waals surface area (Å²) < 4.78 is 0. The minimum absolute atomic E-state index is 0.853. The van der Waals surface area contributed by atoms with Gasteiger partial charge in [0.15, 0.2) is 0 Å². The van der Waals surface area contributed by atoms with Crippen LogP contribution < -0.4 is 5.73 Å². The molecule has 1 nitrogen and oxygen atoms in total. The summed E-state index contributed by atoms with van der Waals surface area (Å²) >= 11 is 0. The zero-order chi connectivity index (χ0) is 18.4. The van der Waals surface area contributed by atoms with Crippen LogP contribution in [0.4, 0.5) is 5.69 Å². The Bertz CT molecular complexity index is 1250. The molecule has 0 aliphatic carbocycles. The molecule has 0 heterocycles. The van der Waals surface area contributed by atoms with Gasteiger partial charge in [-0.15, -0.1) is 0 Å². The molecule has 0 aromatic heterocycles. The predicted molar refractivity (Wildman–Crippen MR) is 119 cm³/mol. The molecule has 0 unspecified atom stereocenters. The Morgan fingerprint density at radius 2 is 1.41 bits per heavy atom. The lowest BCUT2D eigenvalue weighted by Gasteiger charge is -2.17. The van der Waals surface area contributed by atoms with Crippen LogP contribution in [0.3, 0.4) is 0 Å². The minimum Gasteiger partial charge on any atom is -0.398 e. The second kappa shape index (κ2) is 6.28. The molecule has 0 aliphatic heterocycles. The Balaban J connectivity index is 1.81. The fraction of sp³-hybridized carbons (Fsp3) is 0.154. The molecule has 132 valence electrons. The summed E-state index contributed by atoms with van der Waals surface area (Å²) in [7, 11) is 0. The summed E-state index contributed by atoms with van der Waals surface area (Å²) in [4.78, 5) is 0. The summed E-state index contributed by atoms with van der Waals surface area (Å²) in [6.07, 6.45) is 3.62. The van der Waals surface area contributed by atoms with E-state index in [9.17, 15) is 0 Å². The van der Waals surface area contributed by atoms with Crippen molar-refractivity contribution in [3.63, 3.8) is 0 Å². The molecule has 27 heavy (non-hydrogen) atoms. The third-order valence-corrected chi connectivity index (χ3v) is 5.74. The van der Waals surface area contributed by atoms with Gasteiger partial charge in [-0.25, -0.2) is 0 Å². The van der Waals surface area contributed by atoms with Crippen LogP contribution in [0.5, 0.6) is 0 Å². The van der Waals surface area contributed by atoms with E-state index in [0.717, 1.165) is 12.1 Å². The van der Waals surface area contributed by atoms with E-state index in [1.165, 1.54) is 61.8 Å². The molecule has 5 aromatic carbocycles. The van der Waals surface area contributed by atoms with Crippen LogP contribution in [-0.2, 0) is 6.42 Å². The van der Waals surface area contributed by atoms with Gasteiger partial charge in [0, 0.05) is 16.5 Å². The first-order valence-corrected chi connectivity index (χ1v) is 9.81. The van der Waals surface area contributed by atoms with Crippen molar-refractivity contribution in [2.75, 3.05) is 5.73 Å². The molecular weight excluding hydrogens is 326 g/mol. The zero-order valence-corrected chi connectivity index (χ0v) is 15.6. The quantitative estimate of drug-likeness (QED) is 0.270. The van der Waals surface area contributed by atoms with E-state index in [0.29, 0.717) is 0 Å². The van der Waals surface area contributed by atoms with Crippen LogP contribution in [0.25, 0.3) is 43.4 Å². The first-order chi connectivity index (χ1) is 13.3. The molecule has 0 amide bonds. The van der Waals surface area contributed by atoms with Crippen LogP contribution in [-0.4, -0.2) is 0 Å². The number of hydrogen-bond acceptors (Lipinski definition) is 1. The number of aryl methyl sites for hydroxylation is 1. The highest BCUT2D eigenvalue weighted by molar-refractivity contribution is 6.28. The maximum Gasteiger partial charge on any atom is 0.0400 e. The summed E-state index contributed by atoms with van der Waals surface area (Å²) in [5.41, 5.74) is 11.2. The molecular formula is C26H23N. The van der Waals surface area contributed by atoms with Gasteiger partial charge in [-0.3, -0.25) is 0 Å². The van der Waals surface area contributed by atoms with Gasteiger partial charge in [0.2, 0.25) is 0 Å². The first kappa shape index (κ1) is 16.1. The van der Waals surface area contributed by atoms with Gasteiger partial charge in [0.25, 0.3) is 0 Å². The van der Waals surface area contributed by atoms with E-state index >= 15 is 0 Å². The van der Waals surface area contributed by atoms with Crippen molar-refractivity contribution in [3.05, 3.63) is 78.4 Å². The van der Waals surface area contributed by atoms with Crippen molar-refractivity contribution in [3.8, 4) is 11.1 Å². The molecule has 0 radical (unpaired) electrons. The molecule has 5 aromatic rings. The second-order valence-electron chi connectivity index (χ2n) is 7.50. The average molecular weight is 349 g/mol. The molecule has 0 fully saturated rings. The SMILES string of the molecule is CCCCc1ccc(-c2cc3cccc4ccc5ccc(N)c2c5c43)cc1. The van der Waals surface area contributed by atoms with Gasteiger partial charge in [-0.2, -0.15) is 0 Å². The van der Waals surface area contributed by atoms with Gasteiger partial charge < -0.3 is 5.73 Å². The predicted octanol–water partition coefficient (Wildman–Crippen LogP) is 7.18. The summed E-state index contributed by atoms with van der Waals surface area (Å²) in [6.45, 7) is 2.24. The van der Waals surface area contributed by atoms with Crippen molar-refractivity contribution < 1.29 is 0 Å². The third kappa shape index (κ3) is 2.54. The molecule has 0 bridgehead atoms. The van der Waals surface area contributed by atoms with E-state index in [-0.39, 0.29) is 0 Å². The Morgan fingerprint density at radius 3 is 2.19 bits per heavy atom. The zero-order valence-electron chi connectivity index (χ0n) is 15.6. The largest absolute Gasteiger partial charge is 0.398 e. The number of benzene rings is 5. The number of hydrogen-bond donors (Lipinski definition) is 1. The second-order valence-corrected chi connectivity index (χ2v) is 7.50. The number of nitrogen functional groups attached to an aromatic ring is 1. The number of rotatable bonds is 4. The number of unbranched alkanes of at least 4 members (excludes halogenated alkanes) is 1. The van der Waals surface area contributed by atoms with E-state index in [1.807, 2.05) is 6.07 Å². The topological polar surface area (TPSA) is 26.0 Å². The maximum atomic E-state index is 6.50. The molecule has 2 N–H and O–H groups in total. The van der Waals surface area contributed by atoms with Gasteiger partial charge in [-0.05, 0) is 63.2 Å². The van der Waals surface area contributed by atoms with Crippen molar-refractivity contribution in [2.45, 2.75) is 26.2 Å². The van der Waals surface area contributed by atoms with E-state index in [1.54, 1.807) is 0 Å². The van der Waals surface area contributed by atoms with Crippen LogP contribution in [0.2, 0.25) is 0 Å². The van der Waals surface area contributed by atoms with Crippen molar-refractivity contribution in [2.24, 2.45) is 0 Å². The molecule has 5 rings (SSSR count). The number of anilines is 1. The first-order valence-electron chi connectivity index (χ1n) is 9.81. The minimum atomic E-state index is 0.853. The van der Waals surface area contributed by atoms with E-state index < -0.39 is 0 Å². The molecule has 0 atom stereocenters. The molecule has 1 heteroatoms. The Labute approximate surface area is 159 Å². The summed E-state index contributed by atoms with van der Waals surface area (Å²) in [5, 5.41) is 7.59. The third-order valence-electron chi connectivity index (χ3n) is 5.74.